The molecule has 1 saturated heterocycles. The minimum Gasteiger partial charge on any atom is -0.353 e. The van der Waals surface area contributed by atoms with E-state index in [4.69, 9.17) is 11.6 Å². The van der Waals surface area contributed by atoms with E-state index in [1.807, 2.05) is 13.8 Å². The highest BCUT2D eigenvalue weighted by atomic mass is 35.5. The Labute approximate surface area is 188 Å². The van der Waals surface area contributed by atoms with Crippen LogP contribution in [0.2, 0.25) is 0 Å². The molecular formula is C23H30ClN3O4. The highest BCUT2D eigenvalue weighted by Gasteiger charge is 2.37. The number of nitrogens with one attached hydrogen (secondary N) is 1. The summed E-state index contributed by atoms with van der Waals surface area (Å²) in [6.07, 6.45) is 1.31. The standard InChI is InChI=1S/C23H30ClN3O4/c1-14(2)12-27-20(29)17-6-5-15(11-18(17)21(27)30)19(28)26-9-7-16(8-10-26)25-22(31)23(3,4)13-24/h5-6,11,14,16H,7-10,12-13H2,1-4H3,(H,25,31). The Morgan fingerprint density at radius 3 is 2.32 bits per heavy atom. The van der Waals surface area contributed by atoms with E-state index in [2.05, 4.69) is 5.32 Å². The largest absolute Gasteiger partial charge is 0.353 e. The zero-order valence-electron chi connectivity index (χ0n) is 18.5. The van der Waals surface area contributed by atoms with Crippen LogP contribution in [0.5, 0.6) is 0 Å². The van der Waals surface area contributed by atoms with E-state index < -0.39 is 5.41 Å². The van der Waals surface area contributed by atoms with Crippen molar-refractivity contribution in [2.75, 3.05) is 25.5 Å². The number of likely N-dealkylation sites (tertiary alicyclic amines) is 1. The van der Waals surface area contributed by atoms with Crippen molar-refractivity contribution in [2.45, 2.75) is 46.6 Å². The van der Waals surface area contributed by atoms with Gasteiger partial charge in [-0.15, -0.1) is 11.6 Å². The van der Waals surface area contributed by atoms with Crippen LogP contribution in [0.15, 0.2) is 18.2 Å². The van der Waals surface area contributed by atoms with Gasteiger partial charge in [-0.05, 0) is 50.8 Å². The van der Waals surface area contributed by atoms with Crippen molar-refractivity contribution in [1.29, 1.82) is 0 Å². The molecule has 0 radical (unpaired) electrons. The number of fused-ring (bicyclic) bond motifs is 1. The van der Waals surface area contributed by atoms with E-state index in [0.717, 1.165) is 0 Å². The molecule has 8 heteroatoms. The number of hydrogen-bond donors (Lipinski definition) is 1. The SMILES string of the molecule is CC(C)CN1C(=O)c2ccc(C(=O)N3CCC(NC(=O)C(C)(C)CCl)CC3)cc2C1=O. The molecule has 1 aromatic rings. The Balaban J connectivity index is 1.64. The highest BCUT2D eigenvalue weighted by molar-refractivity contribution is 6.22. The number of amides is 4. The quantitative estimate of drug-likeness (QED) is 0.536. The third-order valence-corrected chi connectivity index (χ3v) is 6.50. The van der Waals surface area contributed by atoms with Gasteiger partial charge < -0.3 is 10.2 Å². The van der Waals surface area contributed by atoms with Crippen molar-refractivity contribution < 1.29 is 19.2 Å². The number of benzene rings is 1. The lowest BCUT2D eigenvalue weighted by molar-refractivity contribution is -0.129. The fraction of sp³-hybridized carbons (Fsp3) is 0.565. The number of carbonyl (C=O) groups excluding carboxylic acids is 4. The van der Waals surface area contributed by atoms with E-state index >= 15 is 0 Å². The summed E-state index contributed by atoms with van der Waals surface area (Å²) in [6, 6.07) is 4.73. The summed E-state index contributed by atoms with van der Waals surface area (Å²) in [5.41, 5.74) is 0.413. The maximum atomic E-state index is 13.0. The molecule has 3 rings (SSSR count). The minimum absolute atomic E-state index is 0.00264. The second-order valence-electron chi connectivity index (χ2n) is 9.43. The predicted molar refractivity (Wildman–Crippen MR) is 118 cm³/mol. The monoisotopic (exact) mass is 447 g/mol. The van der Waals surface area contributed by atoms with Gasteiger partial charge in [0.1, 0.15) is 0 Å². The van der Waals surface area contributed by atoms with E-state index in [0.29, 0.717) is 49.2 Å². The van der Waals surface area contributed by atoms with Crippen LogP contribution in [0.3, 0.4) is 0 Å². The van der Waals surface area contributed by atoms with Crippen LogP contribution in [-0.4, -0.2) is 65.0 Å². The average molecular weight is 448 g/mol. The Morgan fingerprint density at radius 1 is 1.13 bits per heavy atom. The van der Waals surface area contributed by atoms with Crippen LogP contribution in [0, 0.1) is 11.3 Å². The van der Waals surface area contributed by atoms with Gasteiger partial charge in [0.25, 0.3) is 17.7 Å². The topological polar surface area (TPSA) is 86.8 Å². The number of carbonyl (C=O) groups is 4. The molecule has 0 aromatic heterocycles. The molecule has 4 amide bonds. The second kappa shape index (κ2) is 8.99. The van der Waals surface area contributed by atoms with E-state index in [-0.39, 0.29) is 41.5 Å². The fourth-order valence-electron chi connectivity index (χ4n) is 3.81. The zero-order chi connectivity index (χ0) is 22.9. The molecule has 7 nitrogen and oxygen atoms in total. The summed E-state index contributed by atoms with van der Waals surface area (Å²) >= 11 is 5.87. The molecule has 1 N–H and O–H groups in total. The molecule has 1 fully saturated rings. The highest BCUT2D eigenvalue weighted by Crippen LogP contribution is 2.26. The lowest BCUT2D eigenvalue weighted by atomic mass is 9.93. The number of piperidine rings is 1. The molecular weight excluding hydrogens is 418 g/mol. The van der Waals surface area contributed by atoms with Crippen LogP contribution < -0.4 is 5.32 Å². The van der Waals surface area contributed by atoms with E-state index in [1.54, 1.807) is 30.9 Å². The second-order valence-corrected chi connectivity index (χ2v) is 9.70. The first-order valence-corrected chi connectivity index (χ1v) is 11.2. The van der Waals surface area contributed by atoms with Gasteiger partial charge in [-0.1, -0.05) is 13.8 Å². The molecule has 0 spiro atoms. The molecule has 2 aliphatic heterocycles. The Hall–Kier alpha value is -2.41. The third kappa shape index (κ3) is 4.76. The summed E-state index contributed by atoms with van der Waals surface area (Å²) in [4.78, 5) is 53.5. The lowest BCUT2D eigenvalue weighted by Crippen LogP contribution is -2.49. The van der Waals surface area contributed by atoms with Gasteiger partial charge in [-0.2, -0.15) is 0 Å². The molecule has 0 bridgehead atoms. The smallest absolute Gasteiger partial charge is 0.261 e. The van der Waals surface area contributed by atoms with Crippen LogP contribution in [0.25, 0.3) is 0 Å². The van der Waals surface area contributed by atoms with Crippen molar-refractivity contribution >= 4 is 35.2 Å². The number of imide groups is 1. The molecule has 0 atom stereocenters. The molecule has 0 unspecified atom stereocenters. The molecule has 0 aliphatic carbocycles. The van der Waals surface area contributed by atoms with E-state index in [9.17, 15) is 19.2 Å². The summed E-state index contributed by atoms with van der Waals surface area (Å²) in [6.45, 7) is 8.87. The van der Waals surface area contributed by atoms with Crippen molar-refractivity contribution in [3.8, 4) is 0 Å². The van der Waals surface area contributed by atoms with Gasteiger partial charge >= 0.3 is 0 Å². The predicted octanol–water partition coefficient (Wildman–Crippen LogP) is 2.92. The number of alkyl halides is 1. The van der Waals surface area contributed by atoms with Gasteiger partial charge in [-0.3, -0.25) is 24.1 Å². The van der Waals surface area contributed by atoms with Crippen LogP contribution >= 0.6 is 11.6 Å². The van der Waals surface area contributed by atoms with Crippen LogP contribution in [0.1, 0.15) is 71.6 Å². The minimum atomic E-state index is -0.633. The van der Waals surface area contributed by atoms with Crippen molar-refractivity contribution in [1.82, 2.24) is 15.1 Å². The summed E-state index contributed by atoms with van der Waals surface area (Å²) in [5, 5.41) is 3.03. The van der Waals surface area contributed by atoms with Gasteiger partial charge in [-0.25, -0.2) is 0 Å². The molecule has 31 heavy (non-hydrogen) atoms. The first kappa shape index (κ1) is 23.3. The average Bonchev–Trinajstić information content (AvgIpc) is 2.97. The molecule has 2 aliphatic rings. The van der Waals surface area contributed by atoms with Gasteiger partial charge in [0.05, 0.1) is 16.5 Å². The fourth-order valence-corrected chi connectivity index (χ4v) is 3.93. The Bertz CT molecular complexity index is 904. The number of halogens is 1. The first-order valence-electron chi connectivity index (χ1n) is 10.7. The van der Waals surface area contributed by atoms with Gasteiger partial charge in [0, 0.05) is 37.1 Å². The zero-order valence-corrected chi connectivity index (χ0v) is 19.3. The molecule has 2 heterocycles. The van der Waals surface area contributed by atoms with Gasteiger partial charge in [0.15, 0.2) is 0 Å². The number of rotatable bonds is 6. The summed E-state index contributed by atoms with van der Waals surface area (Å²) < 4.78 is 0. The van der Waals surface area contributed by atoms with Crippen LogP contribution in [0.4, 0.5) is 0 Å². The van der Waals surface area contributed by atoms with Crippen LogP contribution in [-0.2, 0) is 4.79 Å². The normalized spacial score (nSPS) is 17.4. The number of nitrogens with zero attached hydrogens (tertiary/aromatic N) is 2. The molecule has 168 valence electrons. The summed E-state index contributed by atoms with van der Waals surface area (Å²) in [5.74, 6) is -0.489. The summed E-state index contributed by atoms with van der Waals surface area (Å²) in [7, 11) is 0. The first-order chi connectivity index (χ1) is 14.5. The maximum Gasteiger partial charge on any atom is 0.261 e. The Morgan fingerprint density at radius 2 is 1.74 bits per heavy atom. The maximum absolute atomic E-state index is 13.0. The van der Waals surface area contributed by atoms with E-state index in [1.165, 1.54) is 11.0 Å². The van der Waals surface area contributed by atoms with Crippen molar-refractivity contribution in [3.05, 3.63) is 34.9 Å². The number of hydrogen-bond acceptors (Lipinski definition) is 4. The lowest BCUT2D eigenvalue weighted by Gasteiger charge is -2.34. The molecule has 1 aromatic carbocycles. The van der Waals surface area contributed by atoms with Crippen molar-refractivity contribution in [2.24, 2.45) is 11.3 Å². The third-order valence-electron chi connectivity index (χ3n) is 5.83. The van der Waals surface area contributed by atoms with Crippen molar-refractivity contribution in [3.63, 3.8) is 0 Å². The van der Waals surface area contributed by atoms with Gasteiger partial charge in [0.2, 0.25) is 5.91 Å². The molecule has 0 saturated carbocycles. The Kier molecular flexibility index (Phi) is 6.74.